The van der Waals surface area contributed by atoms with Crippen molar-refractivity contribution in [3.8, 4) is 0 Å². The van der Waals surface area contributed by atoms with E-state index in [9.17, 15) is 5.11 Å². The van der Waals surface area contributed by atoms with Crippen LogP contribution in [0.15, 0.2) is 0 Å². The summed E-state index contributed by atoms with van der Waals surface area (Å²) in [5.41, 5.74) is 4.83. The number of hydrogen-bond donors (Lipinski definition) is 2. The molecule has 4 heteroatoms. The summed E-state index contributed by atoms with van der Waals surface area (Å²) in [6.07, 6.45) is 26.3. The normalized spacial score (nSPS) is 15.4. The summed E-state index contributed by atoms with van der Waals surface area (Å²) >= 11 is 0. The van der Waals surface area contributed by atoms with Crippen molar-refractivity contribution >= 4 is 0 Å². The molecule has 0 aliphatic rings. The van der Waals surface area contributed by atoms with Gasteiger partial charge in [-0.25, -0.2) is 0 Å². The van der Waals surface area contributed by atoms with Crippen molar-refractivity contribution in [1.29, 1.82) is 0 Å². The third-order valence-corrected chi connectivity index (χ3v) is 7.08. The van der Waals surface area contributed by atoms with Crippen LogP contribution in [0, 0.1) is 0 Å². The molecule has 3 atom stereocenters. The van der Waals surface area contributed by atoms with Gasteiger partial charge in [-0.3, -0.25) is 0 Å². The van der Waals surface area contributed by atoms with Crippen LogP contribution in [0.3, 0.4) is 0 Å². The largest absolute Gasteiger partial charge is 0.378 e. The topological polar surface area (TPSA) is 64.7 Å². The molecular weight excluding hydrogens is 422 g/mol. The van der Waals surface area contributed by atoms with Crippen LogP contribution in [-0.2, 0) is 9.47 Å². The molecule has 4 nitrogen and oxygen atoms in total. The SMILES string of the molecule is CCCCCCCCCCCCOC(C)CC(N)(O)C(C)OCCCCCCCCCCCC. The van der Waals surface area contributed by atoms with Gasteiger partial charge in [-0.1, -0.05) is 129 Å². The minimum atomic E-state index is -1.34. The Labute approximate surface area is 214 Å². The maximum atomic E-state index is 10.7. The van der Waals surface area contributed by atoms with Crippen LogP contribution in [0.5, 0.6) is 0 Å². The molecule has 0 heterocycles. The van der Waals surface area contributed by atoms with E-state index in [1.165, 1.54) is 116 Å². The number of nitrogens with two attached hydrogens (primary N) is 1. The Morgan fingerprint density at radius 3 is 1.26 bits per heavy atom. The summed E-state index contributed by atoms with van der Waals surface area (Å²) in [4.78, 5) is 0. The number of rotatable bonds is 27. The highest BCUT2D eigenvalue weighted by Gasteiger charge is 2.32. The fraction of sp³-hybridized carbons (Fsp3) is 1.00. The van der Waals surface area contributed by atoms with Crippen LogP contribution >= 0.6 is 0 Å². The predicted octanol–water partition coefficient (Wildman–Crippen LogP) is 8.68. The maximum Gasteiger partial charge on any atom is 0.142 e. The predicted molar refractivity (Wildman–Crippen MR) is 148 cm³/mol. The van der Waals surface area contributed by atoms with Crippen molar-refractivity contribution in [3.05, 3.63) is 0 Å². The first-order chi connectivity index (χ1) is 16.4. The zero-order valence-corrected chi connectivity index (χ0v) is 23.8. The van der Waals surface area contributed by atoms with Gasteiger partial charge >= 0.3 is 0 Å². The second kappa shape index (κ2) is 24.5. The van der Waals surface area contributed by atoms with Gasteiger partial charge in [0.15, 0.2) is 0 Å². The monoisotopic (exact) mass is 485 g/mol. The van der Waals surface area contributed by atoms with Crippen LogP contribution in [0.4, 0.5) is 0 Å². The minimum Gasteiger partial charge on any atom is -0.378 e. The first kappa shape index (κ1) is 33.8. The Bertz CT molecular complexity index is 403. The van der Waals surface area contributed by atoms with E-state index < -0.39 is 5.72 Å². The standard InChI is InChI=1S/C30H63NO3/c1-5-7-9-11-13-15-17-19-21-23-25-33-28(3)27-30(31,32)29(4)34-26-24-22-20-18-16-14-12-10-8-6-2/h28-29,32H,5-27,31H2,1-4H3. The van der Waals surface area contributed by atoms with Crippen molar-refractivity contribution in [2.24, 2.45) is 5.73 Å². The van der Waals surface area contributed by atoms with Gasteiger partial charge in [-0.15, -0.1) is 0 Å². The van der Waals surface area contributed by atoms with Gasteiger partial charge in [0.25, 0.3) is 0 Å². The Morgan fingerprint density at radius 2 is 0.882 bits per heavy atom. The third kappa shape index (κ3) is 22.3. The van der Waals surface area contributed by atoms with Crippen molar-refractivity contribution in [2.45, 2.75) is 180 Å². The number of aliphatic hydroxyl groups is 1. The van der Waals surface area contributed by atoms with Crippen molar-refractivity contribution in [2.75, 3.05) is 13.2 Å². The van der Waals surface area contributed by atoms with E-state index in [0.717, 1.165) is 19.4 Å². The Hall–Kier alpha value is -0.160. The Morgan fingerprint density at radius 1 is 0.559 bits per heavy atom. The summed E-state index contributed by atoms with van der Waals surface area (Å²) in [6, 6.07) is 0. The van der Waals surface area contributed by atoms with Gasteiger partial charge < -0.3 is 20.3 Å². The molecule has 0 aromatic heterocycles. The van der Waals surface area contributed by atoms with Crippen molar-refractivity contribution < 1.29 is 14.6 Å². The highest BCUT2D eigenvalue weighted by molar-refractivity contribution is 4.81. The van der Waals surface area contributed by atoms with Crippen LogP contribution in [0.25, 0.3) is 0 Å². The molecular formula is C30H63NO3. The first-order valence-electron chi connectivity index (χ1n) is 15.2. The van der Waals surface area contributed by atoms with E-state index in [-0.39, 0.29) is 12.2 Å². The van der Waals surface area contributed by atoms with Gasteiger partial charge in [-0.05, 0) is 26.7 Å². The molecule has 0 fully saturated rings. The van der Waals surface area contributed by atoms with Gasteiger partial charge in [0.05, 0.1) is 12.2 Å². The zero-order chi connectivity index (χ0) is 25.3. The highest BCUT2D eigenvalue weighted by atomic mass is 16.5. The van der Waals surface area contributed by atoms with E-state index in [1.54, 1.807) is 0 Å². The van der Waals surface area contributed by atoms with Crippen LogP contribution < -0.4 is 5.73 Å². The molecule has 3 N–H and O–H groups in total. The molecule has 0 aromatic rings. The number of unbranched alkanes of at least 4 members (excludes halogenated alkanes) is 18. The molecule has 0 spiro atoms. The molecule has 0 aromatic carbocycles. The molecule has 3 unspecified atom stereocenters. The average Bonchev–Trinajstić information content (AvgIpc) is 2.80. The highest BCUT2D eigenvalue weighted by Crippen LogP contribution is 2.18. The van der Waals surface area contributed by atoms with Crippen LogP contribution in [-0.4, -0.2) is 36.3 Å². The molecule has 0 aliphatic carbocycles. The smallest absolute Gasteiger partial charge is 0.142 e. The lowest BCUT2D eigenvalue weighted by Gasteiger charge is -2.32. The molecule has 0 aliphatic heterocycles. The molecule has 0 rings (SSSR count). The fourth-order valence-electron chi connectivity index (χ4n) is 4.55. The van der Waals surface area contributed by atoms with E-state index in [4.69, 9.17) is 15.2 Å². The second-order valence-electron chi connectivity index (χ2n) is 10.8. The van der Waals surface area contributed by atoms with E-state index in [1.807, 2.05) is 13.8 Å². The summed E-state index contributed by atoms with van der Waals surface area (Å²) in [5.74, 6) is 0. The van der Waals surface area contributed by atoms with E-state index in [0.29, 0.717) is 13.0 Å². The summed E-state index contributed by atoms with van der Waals surface area (Å²) in [7, 11) is 0. The van der Waals surface area contributed by atoms with Gasteiger partial charge in [0.1, 0.15) is 5.72 Å². The Kier molecular flexibility index (Phi) is 24.4. The third-order valence-electron chi connectivity index (χ3n) is 7.08. The first-order valence-corrected chi connectivity index (χ1v) is 15.2. The van der Waals surface area contributed by atoms with Crippen LogP contribution in [0.1, 0.15) is 163 Å². The molecule has 0 saturated carbocycles. The molecule has 0 saturated heterocycles. The van der Waals surface area contributed by atoms with E-state index in [2.05, 4.69) is 13.8 Å². The molecule has 0 radical (unpaired) electrons. The maximum absolute atomic E-state index is 10.7. The summed E-state index contributed by atoms with van der Waals surface area (Å²) in [6.45, 7) is 9.84. The van der Waals surface area contributed by atoms with Crippen LogP contribution in [0.2, 0.25) is 0 Å². The number of hydrogen-bond acceptors (Lipinski definition) is 4. The minimum absolute atomic E-state index is 0.0584. The number of ether oxygens (including phenoxy) is 2. The molecule has 0 amide bonds. The molecule has 34 heavy (non-hydrogen) atoms. The summed E-state index contributed by atoms with van der Waals surface area (Å²) < 4.78 is 11.8. The quantitative estimate of drug-likeness (QED) is 0.0902. The zero-order valence-electron chi connectivity index (χ0n) is 23.8. The fourth-order valence-corrected chi connectivity index (χ4v) is 4.55. The lowest BCUT2D eigenvalue weighted by molar-refractivity contribution is -0.122. The van der Waals surface area contributed by atoms with Gasteiger partial charge in [-0.2, -0.15) is 0 Å². The van der Waals surface area contributed by atoms with Crippen molar-refractivity contribution in [3.63, 3.8) is 0 Å². The van der Waals surface area contributed by atoms with Crippen molar-refractivity contribution in [1.82, 2.24) is 0 Å². The van der Waals surface area contributed by atoms with Gasteiger partial charge in [0.2, 0.25) is 0 Å². The lowest BCUT2D eigenvalue weighted by Crippen LogP contribution is -2.52. The molecule has 206 valence electrons. The molecule has 0 bridgehead atoms. The lowest BCUT2D eigenvalue weighted by atomic mass is 10.0. The summed E-state index contributed by atoms with van der Waals surface area (Å²) in [5, 5.41) is 10.7. The second-order valence-corrected chi connectivity index (χ2v) is 10.8. The van der Waals surface area contributed by atoms with E-state index >= 15 is 0 Å². The average molecular weight is 486 g/mol. The van der Waals surface area contributed by atoms with Gasteiger partial charge in [0, 0.05) is 19.6 Å². The Balaban J connectivity index is 3.61.